The van der Waals surface area contributed by atoms with E-state index in [-0.39, 0.29) is 5.69 Å². The molecular weight excluding hydrogens is 456 g/mol. The van der Waals surface area contributed by atoms with Gasteiger partial charge in [0.05, 0.1) is 24.9 Å². The maximum absolute atomic E-state index is 15.6. The number of carboxylic acid groups (broad SMARTS) is 1. The molecule has 34 heavy (non-hydrogen) atoms. The van der Waals surface area contributed by atoms with E-state index < -0.39 is 73.0 Å². The standard InChI is InChI=1S/C22H27F2N3O7/c1-11(2)15(29)8-13-17(27-9-14(25-26-27)12-6-4-3-5-7-12)20(23)22(24,21(32)33)34-19(13)18(31)16(30)10-28/h3-7,9,11,13,16-20,28,30-31H,8,10H2,1-2H3,(H,32,33)/t13?,16-,17?,18-,19?,20?,22?/m1/s1. The minimum Gasteiger partial charge on any atom is -0.477 e. The van der Waals surface area contributed by atoms with Gasteiger partial charge in [0, 0.05) is 23.8 Å². The lowest BCUT2D eigenvalue weighted by atomic mass is 9.77. The maximum atomic E-state index is 15.6. The number of aromatic nitrogens is 3. The van der Waals surface area contributed by atoms with Crippen LogP contribution in [0.4, 0.5) is 8.78 Å². The Morgan fingerprint density at radius 3 is 2.44 bits per heavy atom. The molecule has 7 atom stereocenters. The number of Topliss-reactive ketones (excluding diaryl/α,β-unsaturated/α-hetero) is 1. The summed E-state index contributed by atoms with van der Waals surface area (Å²) in [5.74, 6) is -8.49. The monoisotopic (exact) mass is 483 g/mol. The van der Waals surface area contributed by atoms with Crippen LogP contribution in [0, 0.1) is 11.8 Å². The Morgan fingerprint density at radius 1 is 1.24 bits per heavy atom. The van der Waals surface area contributed by atoms with Crippen LogP contribution in [-0.2, 0) is 14.3 Å². The fraction of sp³-hybridized carbons (Fsp3) is 0.545. The van der Waals surface area contributed by atoms with Gasteiger partial charge in [-0.05, 0) is 0 Å². The number of alkyl halides is 2. The fourth-order valence-corrected chi connectivity index (χ4v) is 4.00. The van der Waals surface area contributed by atoms with Crippen molar-refractivity contribution in [3.63, 3.8) is 0 Å². The molecule has 1 saturated heterocycles. The summed E-state index contributed by atoms with van der Waals surface area (Å²) in [6, 6.07) is 6.88. The first kappa shape index (κ1) is 25.8. The number of carboxylic acids is 1. The van der Waals surface area contributed by atoms with E-state index in [0.29, 0.717) is 5.56 Å². The van der Waals surface area contributed by atoms with Crippen molar-refractivity contribution < 1.29 is 43.5 Å². The summed E-state index contributed by atoms with van der Waals surface area (Å²) in [6.07, 6.45) is -7.79. The van der Waals surface area contributed by atoms with E-state index in [2.05, 4.69) is 10.3 Å². The molecular formula is C22H27F2N3O7. The van der Waals surface area contributed by atoms with Gasteiger partial charge >= 0.3 is 11.8 Å². The summed E-state index contributed by atoms with van der Waals surface area (Å²) in [7, 11) is 0. The van der Waals surface area contributed by atoms with E-state index in [1.165, 1.54) is 6.20 Å². The van der Waals surface area contributed by atoms with Gasteiger partial charge in [0.1, 0.15) is 23.7 Å². The second kappa shape index (κ2) is 10.2. The highest BCUT2D eigenvalue weighted by Gasteiger charge is 2.63. The number of benzene rings is 1. The lowest BCUT2D eigenvalue weighted by Crippen LogP contribution is -2.63. The third kappa shape index (κ3) is 4.85. The van der Waals surface area contributed by atoms with E-state index in [9.17, 15) is 30.0 Å². The van der Waals surface area contributed by atoms with E-state index in [1.807, 2.05) is 0 Å². The molecule has 0 radical (unpaired) electrons. The molecule has 2 heterocycles. The van der Waals surface area contributed by atoms with Gasteiger partial charge in [-0.3, -0.25) is 4.79 Å². The smallest absolute Gasteiger partial charge is 0.372 e. The van der Waals surface area contributed by atoms with Crippen molar-refractivity contribution in [1.82, 2.24) is 15.0 Å². The van der Waals surface area contributed by atoms with Gasteiger partial charge in [-0.2, -0.15) is 4.39 Å². The zero-order valence-electron chi connectivity index (χ0n) is 18.5. The zero-order valence-corrected chi connectivity index (χ0v) is 18.5. The number of ketones is 1. The van der Waals surface area contributed by atoms with E-state index in [4.69, 9.17) is 4.74 Å². The number of hydrogen-bond donors (Lipinski definition) is 4. The number of aliphatic hydroxyl groups is 3. The third-order valence-electron chi connectivity index (χ3n) is 6.00. The van der Waals surface area contributed by atoms with Crippen LogP contribution in [0.5, 0.6) is 0 Å². The van der Waals surface area contributed by atoms with E-state index in [1.54, 1.807) is 44.2 Å². The average molecular weight is 483 g/mol. The zero-order chi connectivity index (χ0) is 25.2. The summed E-state index contributed by atoms with van der Waals surface area (Å²) in [5.41, 5.74) is 0.878. The van der Waals surface area contributed by atoms with Crippen LogP contribution in [0.15, 0.2) is 36.5 Å². The molecule has 2 aromatic rings. The summed E-state index contributed by atoms with van der Waals surface area (Å²) < 4.78 is 36.8. The molecule has 1 aromatic heterocycles. The minimum atomic E-state index is -3.93. The van der Waals surface area contributed by atoms with Gasteiger partial charge in [0.15, 0.2) is 6.17 Å². The molecule has 0 bridgehead atoms. The second-order valence-electron chi connectivity index (χ2n) is 8.60. The largest absolute Gasteiger partial charge is 0.477 e. The molecule has 0 aliphatic carbocycles. The number of aliphatic carboxylic acids is 1. The van der Waals surface area contributed by atoms with Crippen LogP contribution in [-0.4, -0.2) is 84.1 Å². The van der Waals surface area contributed by atoms with E-state index in [0.717, 1.165) is 4.68 Å². The normalized spacial score (nSPS) is 29.1. The molecule has 1 aliphatic rings. The maximum Gasteiger partial charge on any atom is 0.372 e. The van der Waals surface area contributed by atoms with Crippen molar-refractivity contribution >= 4 is 11.8 Å². The van der Waals surface area contributed by atoms with Crippen molar-refractivity contribution in [1.29, 1.82) is 0 Å². The van der Waals surface area contributed by atoms with Gasteiger partial charge in [-0.15, -0.1) is 5.10 Å². The first-order chi connectivity index (χ1) is 16.0. The van der Waals surface area contributed by atoms with Gasteiger partial charge in [-0.1, -0.05) is 49.4 Å². The molecule has 12 heteroatoms. The highest BCUT2D eigenvalue weighted by Crippen LogP contribution is 2.46. The molecule has 10 nitrogen and oxygen atoms in total. The van der Waals surface area contributed by atoms with Gasteiger partial charge in [0.2, 0.25) is 0 Å². The first-order valence-electron chi connectivity index (χ1n) is 10.7. The molecule has 0 saturated carbocycles. The van der Waals surface area contributed by atoms with E-state index >= 15 is 8.78 Å². The van der Waals surface area contributed by atoms with Crippen molar-refractivity contribution in [3.8, 4) is 11.3 Å². The number of hydrogen-bond acceptors (Lipinski definition) is 8. The summed E-state index contributed by atoms with van der Waals surface area (Å²) in [4.78, 5) is 24.3. The summed E-state index contributed by atoms with van der Waals surface area (Å²) in [6.45, 7) is 2.20. The summed E-state index contributed by atoms with van der Waals surface area (Å²) in [5, 5.41) is 47.0. The van der Waals surface area contributed by atoms with Crippen molar-refractivity contribution in [3.05, 3.63) is 36.5 Å². The molecule has 3 rings (SSSR count). The number of aliphatic hydroxyl groups excluding tert-OH is 3. The van der Waals surface area contributed by atoms with Gasteiger partial charge in [0.25, 0.3) is 0 Å². The number of halogens is 2. The Labute approximate surface area is 193 Å². The number of rotatable bonds is 9. The molecule has 186 valence electrons. The lowest BCUT2D eigenvalue weighted by Gasteiger charge is -2.46. The topological polar surface area (TPSA) is 155 Å². The highest BCUT2D eigenvalue weighted by atomic mass is 19.2. The number of ether oxygens (including phenoxy) is 1. The summed E-state index contributed by atoms with van der Waals surface area (Å²) >= 11 is 0. The Bertz CT molecular complexity index is 1010. The van der Waals surface area contributed by atoms with Crippen molar-refractivity contribution in [2.45, 2.75) is 56.6 Å². The van der Waals surface area contributed by atoms with Crippen molar-refractivity contribution in [2.75, 3.05) is 6.61 Å². The number of carbonyl (C=O) groups excluding carboxylic acids is 1. The van der Waals surface area contributed by atoms with Crippen LogP contribution >= 0.6 is 0 Å². The van der Waals surface area contributed by atoms with Gasteiger partial charge in [-0.25, -0.2) is 13.9 Å². The second-order valence-corrected chi connectivity index (χ2v) is 8.60. The van der Waals surface area contributed by atoms with Crippen LogP contribution in [0.25, 0.3) is 11.3 Å². The SMILES string of the molecule is CC(C)C(=O)CC1C([C@H](O)[C@H](O)CO)OC(F)(C(=O)O)C(F)C1n1cc(-c2ccccc2)nn1. The molecule has 5 unspecified atom stereocenters. The molecule has 1 aromatic carbocycles. The number of nitrogens with zero attached hydrogens (tertiary/aromatic N) is 3. The molecule has 1 aliphatic heterocycles. The Kier molecular flexibility index (Phi) is 7.76. The van der Waals surface area contributed by atoms with Crippen LogP contribution < -0.4 is 0 Å². The van der Waals surface area contributed by atoms with Gasteiger partial charge < -0.3 is 25.2 Å². The Morgan fingerprint density at radius 2 is 1.88 bits per heavy atom. The van der Waals surface area contributed by atoms with Crippen molar-refractivity contribution in [2.24, 2.45) is 11.8 Å². The Hall–Kier alpha value is -2.80. The Balaban J connectivity index is 2.13. The third-order valence-corrected chi connectivity index (χ3v) is 6.00. The molecule has 1 fully saturated rings. The average Bonchev–Trinajstić information content (AvgIpc) is 3.30. The lowest BCUT2D eigenvalue weighted by molar-refractivity contribution is -0.292. The van der Waals surface area contributed by atoms with Crippen LogP contribution in [0.1, 0.15) is 26.3 Å². The minimum absolute atomic E-state index is 0.278. The highest BCUT2D eigenvalue weighted by molar-refractivity contribution is 5.81. The predicted molar refractivity (Wildman–Crippen MR) is 113 cm³/mol. The predicted octanol–water partition coefficient (Wildman–Crippen LogP) is 0.919. The molecule has 0 spiro atoms. The quantitative estimate of drug-likeness (QED) is 0.407. The number of carbonyl (C=O) groups is 2. The molecule has 4 N–H and O–H groups in total. The fourth-order valence-electron chi connectivity index (χ4n) is 4.00. The first-order valence-corrected chi connectivity index (χ1v) is 10.7. The van der Waals surface area contributed by atoms with Crippen LogP contribution in [0.2, 0.25) is 0 Å². The molecule has 0 amide bonds. The van der Waals surface area contributed by atoms with Crippen LogP contribution in [0.3, 0.4) is 0 Å².